The topological polar surface area (TPSA) is 45.1 Å². The zero-order valence-corrected chi connectivity index (χ0v) is 14.5. The maximum absolute atomic E-state index is 7.96. The van der Waals surface area contributed by atoms with Gasteiger partial charge in [0.2, 0.25) is 5.70 Å². The molecule has 1 aliphatic heterocycles. The maximum Gasteiger partial charge on any atom is 0.200 e. The van der Waals surface area contributed by atoms with E-state index in [9.17, 15) is 0 Å². The Labute approximate surface area is 157 Å². The molecule has 0 bridgehead atoms. The van der Waals surface area contributed by atoms with Crippen LogP contribution >= 0.6 is 0 Å². The van der Waals surface area contributed by atoms with E-state index in [1.165, 1.54) is 5.39 Å². The summed E-state index contributed by atoms with van der Waals surface area (Å²) in [7, 11) is 0. The number of H-pyrrole nitrogens is 1. The number of allylic oxidation sites excluding steroid dienone is 1. The van der Waals surface area contributed by atoms with Crippen molar-refractivity contribution in [1.29, 1.82) is 0 Å². The average molecular weight is 348 g/mol. The zero-order valence-electron chi connectivity index (χ0n) is 14.5. The minimum atomic E-state index is -0.168. The molecule has 5 rings (SSSR count). The van der Waals surface area contributed by atoms with Gasteiger partial charge in [-0.2, -0.15) is 5.10 Å². The molecule has 1 aromatic heterocycles. The van der Waals surface area contributed by atoms with Crippen molar-refractivity contribution in [2.24, 2.45) is 0 Å². The number of benzene rings is 3. The molecule has 2 heterocycles. The second kappa shape index (κ2) is 6.15. The predicted molar refractivity (Wildman–Crippen MR) is 108 cm³/mol. The summed E-state index contributed by atoms with van der Waals surface area (Å²) in [6, 6.07) is 24.6. The first-order valence-corrected chi connectivity index (χ1v) is 8.82. The third-order valence-electron chi connectivity index (χ3n) is 5.08. The highest BCUT2D eigenvalue weighted by Gasteiger charge is 2.33. The summed E-state index contributed by atoms with van der Waals surface area (Å²) >= 11 is 0. The second-order valence-electron chi connectivity index (χ2n) is 6.56. The smallest absolute Gasteiger partial charge is 0.200 e. The molecule has 4 aromatic rings. The third-order valence-corrected chi connectivity index (χ3v) is 5.08. The van der Waals surface area contributed by atoms with Crippen molar-refractivity contribution < 1.29 is 0 Å². The first-order valence-electron chi connectivity index (χ1n) is 8.82. The molecule has 27 heavy (non-hydrogen) atoms. The van der Waals surface area contributed by atoms with Crippen LogP contribution in [0.3, 0.4) is 0 Å². The molecule has 0 aliphatic carbocycles. The summed E-state index contributed by atoms with van der Waals surface area (Å²) in [5.74, 6) is 0.679. The minimum Gasteiger partial charge on any atom is -0.349 e. The van der Waals surface area contributed by atoms with Crippen LogP contribution in [-0.2, 0) is 0 Å². The lowest BCUT2D eigenvalue weighted by Crippen LogP contribution is -2.16. The van der Waals surface area contributed by atoms with Gasteiger partial charge in [0.05, 0.1) is 18.7 Å². The fourth-order valence-corrected chi connectivity index (χ4v) is 3.86. The van der Waals surface area contributed by atoms with Crippen LogP contribution in [0.2, 0.25) is 0 Å². The van der Waals surface area contributed by atoms with Crippen LogP contribution in [0, 0.1) is 6.57 Å². The fraction of sp³-hybridized carbons (Fsp3) is 0.0435. The standard InChI is InChI=1S/C23H16N4/c1-24-22-20(18-13-7-11-15-8-5-6-12-17(15)18)19-14-25-27-23(19)26-21(22)16-9-3-2-4-10-16/h2-14,20H,(H2,25,26,27). The SMILES string of the molecule is [C-]#[N+]C1=C(c2ccccc2)Nc2[nH]ncc2C1c1cccc2ccccc12. The van der Waals surface area contributed by atoms with Gasteiger partial charge in [-0.15, -0.1) is 0 Å². The number of rotatable bonds is 2. The molecule has 0 saturated carbocycles. The van der Waals surface area contributed by atoms with Crippen molar-refractivity contribution in [3.8, 4) is 0 Å². The van der Waals surface area contributed by atoms with Crippen LogP contribution in [0.5, 0.6) is 0 Å². The van der Waals surface area contributed by atoms with Gasteiger partial charge in [0.15, 0.2) is 0 Å². The molecule has 4 nitrogen and oxygen atoms in total. The van der Waals surface area contributed by atoms with Crippen LogP contribution in [0.15, 0.2) is 84.7 Å². The first-order chi connectivity index (χ1) is 13.4. The molecular weight excluding hydrogens is 332 g/mol. The van der Waals surface area contributed by atoms with E-state index in [1.54, 1.807) is 0 Å². The van der Waals surface area contributed by atoms with Crippen LogP contribution in [0.4, 0.5) is 5.82 Å². The van der Waals surface area contributed by atoms with Crippen molar-refractivity contribution in [2.75, 3.05) is 5.32 Å². The molecule has 0 spiro atoms. The maximum atomic E-state index is 7.96. The highest BCUT2D eigenvalue weighted by atomic mass is 15.2. The monoisotopic (exact) mass is 348 g/mol. The number of hydrogen-bond acceptors (Lipinski definition) is 2. The highest BCUT2D eigenvalue weighted by Crippen LogP contribution is 2.45. The van der Waals surface area contributed by atoms with Crippen molar-refractivity contribution >= 4 is 22.3 Å². The van der Waals surface area contributed by atoms with Crippen LogP contribution in [0.25, 0.3) is 21.3 Å². The number of nitrogens with one attached hydrogen (secondary N) is 2. The van der Waals surface area contributed by atoms with Crippen molar-refractivity contribution in [1.82, 2.24) is 10.2 Å². The Morgan fingerprint density at radius 2 is 1.63 bits per heavy atom. The van der Waals surface area contributed by atoms with E-state index in [2.05, 4.69) is 50.7 Å². The van der Waals surface area contributed by atoms with Gasteiger partial charge in [0, 0.05) is 11.3 Å². The van der Waals surface area contributed by atoms with Gasteiger partial charge in [-0.1, -0.05) is 72.8 Å². The second-order valence-corrected chi connectivity index (χ2v) is 6.56. The van der Waals surface area contributed by atoms with Gasteiger partial charge in [0.1, 0.15) is 5.82 Å². The number of nitrogens with zero attached hydrogens (tertiary/aromatic N) is 2. The summed E-state index contributed by atoms with van der Waals surface area (Å²) in [4.78, 5) is 3.97. The van der Waals surface area contributed by atoms with E-state index in [1.807, 2.05) is 48.7 Å². The van der Waals surface area contributed by atoms with Crippen molar-refractivity contribution in [3.63, 3.8) is 0 Å². The summed E-state index contributed by atoms with van der Waals surface area (Å²) in [6.45, 7) is 7.96. The lowest BCUT2D eigenvalue weighted by atomic mass is 9.83. The summed E-state index contributed by atoms with van der Waals surface area (Å²) < 4.78 is 0. The lowest BCUT2D eigenvalue weighted by molar-refractivity contribution is 0.976. The van der Waals surface area contributed by atoms with Crippen LogP contribution in [-0.4, -0.2) is 10.2 Å². The fourth-order valence-electron chi connectivity index (χ4n) is 3.86. The first kappa shape index (κ1) is 15.4. The van der Waals surface area contributed by atoms with Crippen molar-refractivity contribution in [2.45, 2.75) is 5.92 Å². The Morgan fingerprint density at radius 3 is 2.48 bits per heavy atom. The lowest BCUT2D eigenvalue weighted by Gasteiger charge is -2.27. The summed E-state index contributed by atoms with van der Waals surface area (Å²) in [5, 5.41) is 13.0. The highest BCUT2D eigenvalue weighted by molar-refractivity contribution is 5.91. The molecule has 3 aromatic carbocycles. The Morgan fingerprint density at radius 1 is 0.852 bits per heavy atom. The van der Waals surface area contributed by atoms with E-state index in [-0.39, 0.29) is 5.92 Å². The van der Waals surface area contributed by atoms with E-state index in [0.717, 1.165) is 33.6 Å². The van der Waals surface area contributed by atoms with Crippen molar-refractivity contribution in [3.05, 3.63) is 113 Å². The number of anilines is 1. The van der Waals surface area contributed by atoms with E-state index in [0.29, 0.717) is 5.70 Å². The van der Waals surface area contributed by atoms with Gasteiger partial charge in [0.25, 0.3) is 0 Å². The largest absolute Gasteiger partial charge is 0.349 e. The zero-order chi connectivity index (χ0) is 18.2. The molecule has 0 radical (unpaired) electrons. The molecule has 4 heteroatoms. The number of aromatic amines is 1. The summed E-state index contributed by atoms with van der Waals surface area (Å²) in [6.07, 6.45) is 1.82. The number of fused-ring (bicyclic) bond motifs is 2. The predicted octanol–water partition coefficient (Wildman–Crippen LogP) is 5.41. The minimum absolute atomic E-state index is 0.168. The van der Waals surface area contributed by atoms with Gasteiger partial charge in [-0.05, 0) is 21.9 Å². The third kappa shape index (κ3) is 2.41. The Bertz CT molecular complexity index is 1210. The van der Waals surface area contributed by atoms with Crippen LogP contribution in [0.1, 0.15) is 22.6 Å². The summed E-state index contributed by atoms with van der Waals surface area (Å²) in [5.41, 5.74) is 4.63. The van der Waals surface area contributed by atoms with E-state index >= 15 is 0 Å². The molecule has 1 aliphatic rings. The Kier molecular flexibility index (Phi) is 3.51. The average Bonchev–Trinajstić information content (AvgIpc) is 3.21. The molecule has 2 N–H and O–H groups in total. The molecule has 128 valence electrons. The van der Waals surface area contributed by atoms with Gasteiger partial charge in [-0.3, -0.25) is 5.10 Å². The molecular formula is C23H16N4. The van der Waals surface area contributed by atoms with E-state index < -0.39 is 0 Å². The molecule has 0 saturated heterocycles. The Hall–Kier alpha value is -3.84. The molecule has 1 unspecified atom stereocenters. The van der Waals surface area contributed by atoms with Gasteiger partial charge < -0.3 is 5.32 Å². The van der Waals surface area contributed by atoms with Gasteiger partial charge in [-0.25, -0.2) is 4.85 Å². The molecule has 0 fully saturated rings. The normalized spacial score (nSPS) is 15.9. The quantitative estimate of drug-likeness (QED) is 0.476. The van der Waals surface area contributed by atoms with Gasteiger partial charge >= 0.3 is 0 Å². The molecule has 1 atom stereocenters. The molecule has 0 amide bonds. The number of aromatic nitrogens is 2. The van der Waals surface area contributed by atoms with E-state index in [4.69, 9.17) is 6.57 Å². The number of hydrogen-bond donors (Lipinski definition) is 2. The van der Waals surface area contributed by atoms with Crippen LogP contribution < -0.4 is 5.32 Å². The Balaban J connectivity index is 1.81.